The van der Waals surface area contributed by atoms with Crippen molar-refractivity contribution in [3.63, 3.8) is 0 Å². The minimum atomic E-state index is -0.638. The molecule has 9 rings (SSSR count). The maximum atomic E-state index is 12.2. The zero-order valence-corrected chi connectivity index (χ0v) is 43.8. The number of para-hydroxylation sites is 6. The number of aromatic amines is 3. The van der Waals surface area contributed by atoms with Gasteiger partial charge >= 0.3 is 0 Å². The maximum absolute atomic E-state index is 12.2. The van der Waals surface area contributed by atoms with Crippen molar-refractivity contribution in [2.45, 2.75) is 97.9 Å². The Kier molecular flexibility index (Phi) is 35.6. The summed E-state index contributed by atoms with van der Waals surface area (Å²) in [6, 6.07) is 48.9. The molecule has 6 aromatic carbocycles. The maximum Gasteiger partial charge on any atom is 0.296 e. The van der Waals surface area contributed by atoms with Crippen molar-refractivity contribution < 1.29 is 28.8 Å². The number of carbonyl (C=O) groups is 6. The van der Waals surface area contributed by atoms with E-state index in [-0.39, 0.29) is 14.9 Å². The fraction of sp³-hybridized carbons (Fsp3) is 0.226. The molecule has 3 heterocycles. The molecular weight excluding hydrogens is 925 g/mol. The third kappa shape index (κ3) is 19.9. The van der Waals surface area contributed by atoms with Crippen LogP contribution in [0.4, 0.5) is 17.1 Å². The fourth-order valence-electron chi connectivity index (χ4n) is 6.27. The van der Waals surface area contributed by atoms with Crippen molar-refractivity contribution in [3.05, 3.63) is 199 Å². The number of ketones is 3. The molecule has 12 heteroatoms. The number of nitrogens with one attached hydrogen (secondary N) is 6. The zero-order valence-electron chi connectivity index (χ0n) is 43.8. The SMILES string of the molecule is C.C.CC.CC.CC.CC.CC.CC.O=C(Nc1ccccc1)C(=O)c1c[nH]c2ccccc12.O=C(Nc1ccccc1)C(=O)c1c[nH]c2ccccc12.O=C(Nc1ccccc1)C(=O)c1c[nH]c2ccccc12. The van der Waals surface area contributed by atoms with Gasteiger partial charge in [-0.1, -0.05) is 207 Å². The molecule has 0 saturated heterocycles. The summed E-state index contributed by atoms with van der Waals surface area (Å²) >= 11 is 0. The van der Waals surface area contributed by atoms with Crippen LogP contribution in [0.5, 0.6) is 0 Å². The van der Waals surface area contributed by atoms with Crippen LogP contribution in [0, 0.1) is 0 Å². The molecule has 12 nitrogen and oxygen atoms in total. The van der Waals surface area contributed by atoms with E-state index in [1.807, 2.05) is 174 Å². The van der Waals surface area contributed by atoms with Crippen LogP contribution in [0.2, 0.25) is 0 Å². The van der Waals surface area contributed by atoms with Crippen LogP contribution >= 0.6 is 0 Å². The van der Waals surface area contributed by atoms with Gasteiger partial charge in [-0.05, 0) is 54.6 Å². The van der Waals surface area contributed by atoms with E-state index in [0.717, 1.165) is 32.7 Å². The molecule has 394 valence electrons. The highest BCUT2D eigenvalue weighted by molar-refractivity contribution is 6.49. The Labute approximate surface area is 439 Å². The van der Waals surface area contributed by atoms with Gasteiger partial charge in [-0.15, -0.1) is 0 Å². The minimum Gasteiger partial charge on any atom is -0.360 e. The Bertz CT molecular complexity index is 2650. The number of hydrogen-bond donors (Lipinski definition) is 6. The first-order chi connectivity index (χ1) is 35.3. The van der Waals surface area contributed by atoms with Crippen LogP contribution in [-0.2, 0) is 14.4 Å². The number of H-pyrrole nitrogens is 3. The van der Waals surface area contributed by atoms with Gasteiger partial charge in [-0.25, -0.2) is 0 Å². The molecule has 3 amide bonds. The van der Waals surface area contributed by atoms with Crippen LogP contribution in [0.25, 0.3) is 32.7 Å². The smallest absolute Gasteiger partial charge is 0.296 e. The van der Waals surface area contributed by atoms with Crippen molar-refractivity contribution >= 4 is 84.8 Å². The Morgan fingerprint density at radius 1 is 0.284 bits per heavy atom. The highest BCUT2D eigenvalue weighted by atomic mass is 16.2. The Morgan fingerprint density at radius 2 is 0.473 bits per heavy atom. The lowest BCUT2D eigenvalue weighted by atomic mass is 10.1. The largest absolute Gasteiger partial charge is 0.360 e. The van der Waals surface area contributed by atoms with E-state index in [0.29, 0.717) is 33.8 Å². The summed E-state index contributed by atoms with van der Waals surface area (Å²) in [5.41, 5.74) is 5.47. The predicted molar refractivity (Wildman–Crippen MR) is 315 cm³/mol. The third-order valence-corrected chi connectivity index (χ3v) is 9.22. The highest BCUT2D eigenvalue weighted by Crippen LogP contribution is 2.21. The van der Waals surface area contributed by atoms with Crippen LogP contribution < -0.4 is 16.0 Å². The summed E-state index contributed by atoms with van der Waals surface area (Å²) < 4.78 is 0. The van der Waals surface area contributed by atoms with E-state index in [1.54, 1.807) is 91.4 Å². The second-order valence-corrected chi connectivity index (χ2v) is 13.2. The summed E-state index contributed by atoms with van der Waals surface area (Å²) in [6.07, 6.45) is 4.70. The lowest BCUT2D eigenvalue weighted by Crippen LogP contribution is -2.22. The summed E-state index contributed by atoms with van der Waals surface area (Å²) in [5, 5.41) is 10.0. The number of benzene rings is 6. The number of Topliss-reactive ketones (excluding diaryl/α,β-unsaturated/α-hetero) is 3. The minimum absolute atomic E-state index is 0. The first kappa shape index (κ1) is 67.4. The van der Waals surface area contributed by atoms with Crippen molar-refractivity contribution in [2.75, 3.05) is 16.0 Å². The molecule has 0 spiro atoms. The van der Waals surface area contributed by atoms with Crippen molar-refractivity contribution in [1.29, 1.82) is 0 Å². The number of hydrogen-bond acceptors (Lipinski definition) is 6. The molecule has 0 fully saturated rings. The van der Waals surface area contributed by atoms with Gasteiger partial charge in [-0.3, -0.25) is 28.8 Å². The number of carbonyl (C=O) groups excluding carboxylic acids is 6. The van der Waals surface area contributed by atoms with Crippen LogP contribution in [-0.4, -0.2) is 50.0 Å². The molecule has 0 aliphatic rings. The van der Waals surface area contributed by atoms with Crippen molar-refractivity contribution in [1.82, 2.24) is 15.0 Å². The van der Waals surface area contributed by atoms with Gasteiger partial charge in [0, 0.05) is 68.4 Å². The van der Waals surface area contributed by atoms with E-state index in [4.69, 9.17) is 0 Å². The summed E-state index contributed by atoms with van der Waals surface area (Å²) in [4.78, 5) is 81.5. The summed E-state index contributed by atoms with van der Waals surface area (Å²) in [7, 11) is 0. The van der Waals surface area contributed by atoms with Crippen LogP contribution in [0.1, 0.15) is 129 Å². The number of rotatable bonds is 9. The van der Waals surface area contributed by atoms with E-state index in [1.165, 1.54) is 0 Å². The standard InChI is InChI=1S/3C16H12N2O2.6C2H6.2CH4/c3*19-15(16(20)18-11-6-2-1-3-7-11)13-10-17-14-9-5-4-8-12(13)14;6*1-2;;/h3*1-10,17H,(H,18,20);6*1-2H3;2*1H4. The fourth-order valence-corrected chi connectivity index (χ4v) is 6.27. The van der Waals surface area contributed by atoms with E-state index in [2.05, 4.69) is 30.9 Å². The zero-order chi connectivity index (χ0) is 53.8. The first-order valence-corrected chi connectivity index (χ1v) is 24.7. The Morgan fingerprint density at radius 3 is 0.689 bits per heavy atom. The van der Waals surface area contributed by atoms with Gasteiger partial charge in [0.25, 0.3) is 35.1 Å². The average Bonchev–Trinajstić information content (AvgIpc) is 4.23. The Hall–Kier alpha value is -8.64. The molecule has 0 radical (unpaired) electrons. The van der Waals surface area contributed by atoms with Crippen molar-refractivity contribution in [2.24, 2.45) is 0 Å². The average molecular weight is 1010 g/mol. The van der Waals surface area contributed by atoms with Crippen molar-refractivity contribution in [3.8, 4) is 0 Å². The van der Waals surface area contributed by atoms with E-state index in [9.17, 15) is 28.8 Å². The molecule has 0 saturated carbocycles. The number of amides is 3. The topological polar surface area (TPSA) is 186 Å². The molecule has 9 aromatic rings. The molecule has 0 aliphatic carbocycles. The highest BCUT2D eigenvalue weighted by Gasteiger charge is 2.22. The molecular formula is C62H80N6O6. The molecule has 74 heavy (non-hydrogen) atoms. The summed E-state index contributed by atoms with van der Waals surface area (Å²) in [6.45, 7) is 24.0. The van der Waals surface area contributed by atoms with Gasteiger partial charge < -0.3 is 30.9 Å². The van der Waals surface area contributed by atoms with Gasteiger partial charge in [0.2, 0.25) is 0 Å². The second-order valence-electron chi connectivity index (χ2n) is 13.2. The van der Waals surface area contributed by atoms with Gasteiger partial charge in [0.05, 0.1) is 16.7 Å². The van der Waals surface area contributed by atoms with E-state index < -0.39 is 35.1 Å². The number of aromatic nitrogens is 3. The molecule has 0 bridgehead atoms. The third-order valence-electron chi connectivity index (χ3n) is 9.22. The quantitative estimate of drug-likeness (QED) is 0.0617. The lowest BCUT2D eigenvalue weighted by Gasteiger charge is -2.03. The predicted octanol–water partition coefficient (Wildman–Crippen LogP) is 16.4. The van der Waals surface area contributed by atoms with E-state index >= 15 is 0 Å². The van der Waals surface area contributed by atoms with Crippen LogP contribution in [0.15, 0.2) is 182 Å². The normalized spacial score (nSPS) is 8.92. The molecule has 0 aliphatic heterocycles. The molecule has 0 unspecified atom stereocenters. The monoisotopic (exact) mass is 1000 g/mol. The summed E-state index contributed by atoms with van der Waals surface area (Å²) in [5.74, 6) is -3.56. The van der Waals surface area contributed by atoms with Gasteiger partial charge in [0.15, 0.2) is 0 Å². The second kappa shape index (κ2) is 39.0. The van der Waals surface area contributed by atoms with Gasteiger partial charge in [0.1, 0.15) is 0 Å². The molecule has 6 N–H and O–H groups in total. The Balaban J connectivity index is 0. The van der Waals surface area contributed by atoms with Crippen LogP contribution in [0.3, 0.4) is 0 Å². The molecule has 3 aromatic heterocycles. The number of anilines is 3. The molecule has 0 atom stereocenters. The van der Waals surface area contributed by atoms with Gasteiger partial charge in [-0.2, -0.15) is 0 Å². The number of fused-ring (bicyclic) bond motifs is 3. The first-order valence-electron chi connectivity index (χ1n) is 24.7. The lowest BCUT2D eigenvalue weighted by molar-refractivity contribution is -0.113.